The van der Waals surface area contributed by atoms with E-state index in [0.29, 0.717) is 12.3 Å². The maximum Gasteiger partial charge on any atom is 0.228 e. The second kappa shape index (κ2) is 5.43. The fraction of sp³-hybridized carbons (Fsp3) is 0.571. The van der Waals surface area contributed by atoms with Gasteiger partial charge in [0.05, 0.1) is 0 Å². The molecule has 1 aliphatic rings. The van der Waals surface area contributed by atoms with Crippen molar-refractivity contribution in [1.29, 1.82) is 0 Å². The number of hydrogen-bond acceptors (Lipinski definition) is 5. The Hall–Kier alpha value is -1.20. The van der Waals surface area contributed by atoms with Crippen molar-refractivity contribution in [1.82, 2.24) is 10.1 Å². The van der Waals surface area contributed by atoms with Gasteiger partial charge in [-0.25, -0.2) is 0 Å². The van der Waals surface area contributed by atoms with E-state index >= 15 is 0 Å². The van der Waals surface area contributed by atoms with E-state index < -0.39 is 0 Å². The van der Waals surface area contributed by atoms with Gasteiger partial charge in [-0.1, -0.05) is 30.5 Å². The van der Waals surface area contributed by atoms with Crippen LogP contribution in [-0.2, 0) is 12.8 Å². The second-order valence-corrected chi connectivity index (χ2v) is 6.49. The molecule has 0 aliphatic heterocycles. The Balaban J connectivity index is 1.64. The maximum absolute atomic E-state index is 6.41. The van der Waals surface area contributed by atoms with Crippen molar-refractivity contribution >= 4 is 11.3 Å². The normalized spacial score (nSPS) is 18.6. The Bertz CT molecular complexity index is 515. The summed E-state index contributed by atoms with van der Waals surface area (Å²) in [5.41, 5.74) is 6.28. The molecule has 2 aromatic heterocycles. The van der Waals surface area contributed by atoms with Crippen molar-refractivity contribution in [3.05, 3.63) is 34.1 Å². The molecule has 2 heterocycles. The molecule has 1 fully saturated rings. The summed E-state index contributed by atoms with van der Waals surface area (Å²) in [5, 5.41) is 6.12. The Kier molecular flexibility index (Phi) is 3.66. The third-order valence-corrected chi connectivity index (χ3v) is 4.65. The van der Waals surface area contributed by atoms with E-state index in [1.165, 1.54) is 24.1 Å². The minimum absolute atomic E-state index is 0.134. The quantitative estimate of drug-likeness (QED) is 0.933. The summed E-state index contributed by atoms with van der Waals surface area (Å²) in [5.74, 6) is 1.45. The van der Waals surface area contributed by atoms with E-state index in [1.54, 1.807) is 11.3 Å². The summed E-state index contributed by atoms with van der Waals surface area (Å²) in [6.07, 6.45) is 7.32. The topological polar surface area (TPSA) is 64.9 Å². The molecule has 0 spiro atoms. The van der Waals surface area contributed by atoms with Crippen LogP contribution in [-0.4, -0.2) is 15.7 Å². The fourth-order valence-corrected chi connectivity index (χ4v) is 3.44. The highest BCUT2D eigenvalue weighted by molar-refractivity contribution is 7.09. The Morgan fingerprint density at radius 2 is 2.16 bits per heavy atom. The summed E-state index contributed by atoms with van der Waals surface area (Å²) in [7, 11) is 0. The molecule has 2 N–H and O–H groups in total. The van der Waals surface area contributed by atoms with Gasteiger partial charge in [0.15, 0.2) is 5.82 Å². The number of nitrogens with two attached hydrogens (primary N) is 1. The van der Waals surface area contributed by atoms with Gasteiger partial charge >= 0.3 is 0 Å². The smallest absolute Gasteiger partial charge is 0.228 e. The molecule has 4 nitrogen and oxygen atoms in total. The van der Waals surface area contributed by atoms with Crippen molar-refractivity contribution in [2.24, 2.45) is 5.73 Å². The minimum Gasteiger partial charge on any atom is -0.339 e. The first-order valence-electron chi connectivity index (χ1n) is 6.86. The summed E-state index contributed by atoms with van der Waals surface area (Å²) < 4.78 is 5.34. The van der Waals surface area contributed by atoms with Crippen molar-refractivity contribution in [3.63, 3.8) is 0 Å². The van der Waals surface area contributed by atoms with Crippen LogP contribution in [0, 0.1) is 0 Å². The van der Waals surface area contributed by atoms with Crippen LogP contribution in [0.2, 0.25) is 0 Å². The first-order valence-corrected chi connectivity index (χ1v) is 7.74. The van der Waals surface area contributed by atoms with Crippen LogP contribution in [0.15, 0.2) is 22.0 Å². The lowest BCUT2D eigenvalue weighted by Gasteiger charge is -2.31. The average molecular weight is 277 g/mol. The zero-order valence-electron chi connectivity index (χ0n) is 11.0. The molecule has 102 valence electrons. The molecular formula is C14H19N3OS. The number of rotatable bonds is 4. The molecule has 19 heavy (non-hydrogen) atoms. The highest BCUT2D eigenvalue weighted by atomic mass is 32.1. The molecule has 3 rings (SSSR count). The Morgan fingerprint density at radius 1 is 1.32 bits per heavy atom. The lowest BCUT2D eigenvalue weighted by molar-refractivity contribution is 0.260. The molecule has 0 saturated heterocycles. The van der Waals surface area contributed by atoms with E-state index in [1.807, 2.05) is 6.07 Å². The van der Waals surface area contributed by atoms with Crippen LogP contribution < -0.4 is 5.73 Å². The van der Waals surface area contributed by atoms with Gasteiger partial charge in [0.2, 0.25) is 5.89 Å². The van der Waals surface area contributed by atoms with Gasteiger partial charge in [-0.2, -0.15) is 4.98 Å². The van der Waals surface area contributed by atoms with Gasteiger partial charge in [-0.15, -0.1) is 11.3 Å². The van der Waals surface area contributed by atoms with E-state index in [4.69, 9.17) is 10.3 Å². The SMILES string of the molecule is NC1(Cc2nc(Cc3cccs3)no2)CCCCC1. The molecule has 0 radical (unpaired) electrons. The molecule has 0 unspecified atom stereocenters. The monoisotopic (exact) mass is 277 g/mol. The van der Waals surface area contributed by atoms with E-state index in [2.05, 4.69) is 21.6 Å². The first kappa shape index (κ1) is 12.8. The molecule has 1 saturated carbocycles. The second-order valence-electron chi connectivity index (χ2n) is 5.46. The molecule has 2 aromatic rings. The molecule has 0 atom stereocenters. The number of aromatic nitrogens is 2. The minimum atomic E-state index is -0.134. The van der Waals surface area contributed by atoms with Crippen LogP contribution in [0.25, 0.3) is 0 Å². The van der Waals surface area contributed by atoms with Crippen LogP contribution in [0.3, 0.4) is 0 Å². The Labute approximate surface area is 117 Å². The summed E-state index contributed by atoms with van der Waals surface area (Å²) in [6.45, 7) is 0. The predicted octanol–water partition coefficient (Wildman–Crippen LogP) is 2.93. The number of hydrogen-bond donors (Lipinski definition) is 1. The van der Waals surface area contributed by atoms with Gasteiger partial charge in [-0.05, 0) is 24.3 Å². The van der Waals surface area contributed by atoms with Gasteiger partial charge in [-0.3, -0.25) is 0 Å². The first-order chi connectivity index (χ1) is 9.23. The summed E-state index contributed by atoms with van der Waals surface area (Å²) in [4.78, 5) is 5.73. The van der Waals surface area contributed by atoms with Crippen molar-refractivity contribution in [3.8, 4) is 0 Å². The maximum atomic E-state index is 6.41. The van der Waals surface area contributed by atoms with Crippen LogP contribution in [0.5, 0.6) is 0 Å². The Morgan fingerprint density at radius 3 is 2.89 bits per heavy atom. The largest absolute Gasteiger partial charge is 0.339 e. The lowest BCUT2D eigenvalue weighted by atomic mass is 9.80. The highest BCUT2D eigenvalue weighted by Gasteiger charge is 2.29. The van der Waals surface area contributed by atoms with Crippen LogP contribution in [0.4, 0.5) is 0 Å². The molecule has 0 bridgehead atoms. The summed E-state index contributed by atoms with van der Waals surface area (Å²) >= 11 is 1.72. The highest BCUT2D eigenvalue weighted by Crippen LogP contribution is 2.28. The van der Waals surface area contributed by atoms with Crippen molar-refractivity contribution in [2.45, 2.75) is 50.5 Å². The molecule has 1 aliphatic carbocycles. The van der Waals surface area contributed by atoms with Crippen molar-refractivity contribution in [2.75, 3.05) is 0 Å². The predicted molar refractivity (Wildman–Crippen MR) is 75.1 cm³/mol. The zero-order valence-corrected chi connectivity index (χ0v) is 11.8. The standard InChI is InChI=1S/C14H19N3OS/c15-14(6-2-1-3-7-14)10-13-16-12(17-18-13)9-11-5-4-8-19-11/h4-5,8H,1-3,6-7,9-10,15H2. The molecule has 5 heteroatoms. The molecule has 0 amide bonds. The third kappa shape index (κ3) is 3.22. The van der Waals surface area contributed by atoms with Gasteiger partial charge in [0, 0.05) is 23.3 Å². The molecular weight excluding hydrogens is 258 g/mol. The fourth-order valence-electron chi connectivity index (χ4n) is 2.74. The summed E-state index contributed by atoms with van der Waals surface area (Å²) in [6, 6.07) is 4.13. The van der Waals surface area contributed by atoms with Crippen LogP contribution in [0.1, 0.15) is 48.7 Å². The lowest BCUT2D eigenvalue weighted by Crippen LogP contribution is -2.43. The van der Waals surface area contributed by atoms with Crippen LogP contribution >= 0.6 is 11.3 Å². The third-order valence-electron chi connectivity index (χ3n) is 3.78. The van der Waals surface area contributed by atoms with Gasteiger partial charge < -0.3 is 10.3 Å². The van der Waals surface area contributed by atoms with E-state index in [-0.39, 0.29) is 5.54 Å². The zero-order chi connectivity index (χ0) is 13.1. The number of nitrogens with zero attached hydrogens (tertiary/aromatic N) is 2. The van der Waals surface area contributed by atoms with Gasteiger partial charge in [0.1, 0.15) is 0 Å². The molecule has 0 aromatic carbocycles. The van der Waals surface area contributed by atoms with E-state index in [0.717, 1.165) is 25.1 Å². The van der Waals surface area contributed by atoms with Gasteiger partial charge in [0.25, 0.3) is 0 Å². The average Bonchev–Trinajstić information content (AvgIpc) is 3.03. The van der Waals surface area contributed by atoms with Crippen molar-refractivity contribution < 1.29 is 4.52 Å². The van der Waals surface area contributed by atoms with E-state index in [9.17, 15) is 0 Å². The number of thiophene rings is 1.